The Morgan fingerprint density at radius 1 is 0.897 bits per heavy atom. The van der Waals surface area contributed by atoms with Crippen LogP contribution in [0.1, 0.15) is 18.3 Å². The van der Waals surface area contributed by atoms with E-state index < -0.39 is 18.3 Å². The molecule has 8 nitrogen and oxygen atoms in total. The maximum Gasteiger partial charge on any atom is 0.409 e. The Morgan fingerprint density at radius 2 is 1.41 bits per heavy atom. The smallest absolute Gasteiger partial charge is 0.409 e. The first-order valence-corrected chi connectivity index (χ1v) is 9.55. The maximum atomic E-state index is 12.1. The molecule has 2 amide bonds. The molecule has 8 heteroatoms. The Bertz CT molecular complexity index is 758. The van der Waals surface area contributed by atoms with E-state index in [4.69, 9.17) is 9.47 Å². The van der Waals surface area contributed by atoms with E-state index in [9.17, 15) is 9.59 Å². The second-order valence-electron chi connectivity index (χ2n) is 6.76. The summed E-state index contributed by atoms with van der Waals surface area (Å²) in [6.07, 6.45) is 3.23. The molecule has 0 radical (unpaired) electrons. The van der Waals surface area contributed by atoms with Crippen LogP contribution in [-0.2, 0) is 22.3 Å². The lowest BCUT2D eigenvalue weighted by molar-refractivity contribution is 0.0287. The molecule has 2 heterocycles. The molecular weight excluding hydrogens is 372 g/mol. The van der Waals surface area contributed by atoms with Gasteiger partial charge in [-0.2, -0.15) is 0 Å². The normalized spacial score (nSPS) is 11.4. The number of pyridine rings is 2. The van der Waals surface area contributed by atoms with Gasteiger partial charge in [0, 0.05) is 63.8 Å². The van der Waals surface area contributed by atoms with Crippen molar-refractivity contribution in [3.8, 4) is 0 Å². The molecule has 0 aliphatic carbocycles. The fourth-order valence-electron chi connectivity index (χ4n) is 2.43. The van der Waals surface area contributed by atoms with E-state index in [1.807, 2.05) is 36.4 Å². The van der Waals surface area contributed by atoms with Crippen molar-refractivity contribution in [2.75, 3.05) is 33.8 Å². The van der Waals surface area contributed by atoms with Gasteiger partial charge >= 0.3 is 12.2 Å². The highest BCUT2D eigenvalue weighted by Gasteiger charge is 2.17. The third kappa shape index (κ3) is 8.16. The summed E-state index contributed by atoms with van der Waals surface area (Å²) in [5, 5.41) is 0. The molecule has 0 aliphatic rings. The average Bonchev–Trinajstić information content (AvgIpc) is 2.75. The van der Waals surface area contributed by atoms with Gasteiger partial charge < -0.3 is 19.3 Å². The number of aromatic nitrogens is 2. The van der Waals surface area contributed by atoms with E-state index in [1.54, 1.807) is 33.4 Å². The zero-order chi connectivity index (χ0) is 21.1. The minimum atomic E-state index is -0.548. The first-order chi connectivity index (χ1) is 14.0. The zero-order valence-electron chi connectivity index (χ0n) is 17.2. The standard InChI is InChI=1S/C21H28N4O4/c1-17(29-21(27)25(3)15-11-19-9-5-7-13-23-19)16-28-20(26)24(2)14-10-18-8-4-6-12-22-18/h4-9,12-13,17H,10-11,14-16H2,1-3H3. The van der Waals surface area contributed by atoms with E-state index in [2.05, 4.69) is 9.97 Å². The summed E-state index contributed by atoms with van der Waals surface area (Å²) in [6, 6.07) is 11.3. The van der Waals surface area contributed by atoms with Crippen LogP contribution in [0.2, 0.25) is 0 Å². The molecule has 0 N–H and O–H groups in total. The van der Waals surface area contributed by atoms with Gasteiger partial charge in [0.05, 0.1) is 0 Å². The van der Waals surface area contributed by atoms with E-state index in [0.29, 0.717) is 25.9 Å². The van der Waals surface area contributed by atoms with Gasteiger partial charge in [-0.1, -0.05) is 12.1 Å². The molecule has 0 saturated heterocycles. The number of rotatable bonds is 9. The molecule has 29 heavy (non-hydrogen) atoms. The second kappa shape index (κ2) is 11.6. The molecule has 0 bridgehead atoms. The van der Waals surface area contributed by atoms with Gasteiger partial charge in [-0.25, -0.2) is 9.59 Å². The van der Waals surface area contributed by atoms with E-state index in [-0.39, 0.29) is 6.61 Å². The fraction of sp³-hybridized carbons (Fsp3) is 0.429. The quantitative estimate of drug-likeness (QED) is 0.643. The van der Waals surface area contributed by atoms with Crippen LogP contribution in [0.3, 0.4) is 0 Å². The number of amides is 2. The molecule has 0 spiro atoms. The molecule has 0 aliphatic heterocycles. The van der Waals surface area contributed by atoms with Crippen molar-refractivity contribution >= 4 is 12.2 Å². The Morgan fingerprint density at radius 3 is 1.90 bits per heavy atom. The van der Waals surface area contributed by atoms with Crippen molar-refractivity contribution in [2.24, 2.45) is 0 Å². The summed E-state index contributed by atoms with van der Waals surface area (Å²) in [7, 11) is 3.32. The highest BCUT2D eigenvalue weighted by atomic mass is 16.6. The lowest BCUT2D eigenvalue weighted by Gasteiger charge is -2.21. The number of hydrogen-bond donors (Lipinski definition) is 0. The maximum absolute atomic E-state index is 12.1. The van der Waals surface area contributed by atoms with E-state index in [1.165, 1.54) is 9.80 Å². The minimum absolute atomic E-state index is 0.00736. The molecule has 1 atom stereocenters. The van der Waals surface area contributed by atoms with Crippen LogP contribution in [0, 0.1) is 0 Å². The van der Waals surface area contributed by atoms with E-state index >= 15 is 0 Å². The van der Waals surface area contributed by atoms with Crippen LogP contribution in [0.15, 0.2) is 48.8 Å². The predicted octanol–water partition coefficient (Wildman–Crippen LogP) is 2.79. The van der Waals surface area contributed by atoms with Gasteiger partial charge in [0.1, 0.15) is 12.7 Å². The lowest BCUT2D eigenvalue weighted by atomic mass is 10.2. The summed E-state index contributed by atoms with van der Waals surface area (Å²) in [5.74, 6) is 0. The number of carbonyl (C=O) groups excluding carboxylic acids is 2. The highest BCUT2D eigenvalue weighted by Crippen LogP contribution is 2.03. The highest BCUT2D eigenvalue weighted by molar-refractivity contribution is 5.68. The third-order valence-electron chi connectivity index (χ3n) is 4.23. The number of carbonyl (C=O) groups is 2. The first-order valence-electron chi connectivity index (χ1n) is 9.55. The monoisotopic (exact) mass is 400 g/mol. The topological polar surface area (TPSA) is 84.9 Å². The van der Waals surface area contributed by atoms with Crippen LogP contribution >= 0.6 is 0 Å². The molecule has 2 rings (SSSR count). The summed E-state index contributed by atoms with van der Waals surface area (Å²) < 4.78 is 10.5. The third-order valence-corrected chi connectivity index (χ3v) is 4.23. The Labute approximate surface area is 171 Å². The van der Waals surface area contributed by atoms with Crippen molar-refractivity contribution < 1.29 is 19.1 Å². The van der Waals surface area contributed by atoms with Crippen molar-refractivity contribution in [3.05, 3.63) is 60.2 Å². The Kier molecular flexibility index (Phi) is 8.88. The van der Waals surface area contributed by atoms with Crippen LogP contribution in [0.25, 0.3) is 0 Å². The fourth-order valence-corrected chi connectivity index (χ4v) is 2.43. The first kappa shape index (κ1) is 22.1. The van der Waals surface area contributed by atoms with Gasteiger partial charge in [-0.15, -0.1) is 0 Å². The zero-order valence-corrected chi connectivity index (χ0v) is 17.2. The number of nitrogens with zero attached hydrogens (tertiary/aromatic N) is 4. The molecular formula is C21H28N4O4. The molecule has 0 fully saturated rings. The lowest BCUT2D eigenvalue weighted by Crippen LogP contribution is -2.35. The predicted molar refractivity (Wildman–Crippen MR) is 108 cm³/mol. The molecule has 0 aromatic carbocycles. The van der Waals surface area contributed by atoms with Crippen molar-refractivity contribution in [3.63, 3.8) is 0 Å². The molecule has 1 unspecified atom stereocenters. The molecule has 2 aromatic rings. The van der Waals surface area contributed by atoms with Gasteiger partial charge in [-0.05, 0) is 31.2 Å². The van der Waals surface area contributed by atoms with Gasteiger partial charge in [0.25, 0.3) is 0 Å². The van der Waals surface area contributed by atoms with Gasteiger partial charge in [-0.3, -0.25) is 9.97 Å². The van der Waals surface area contributed by atoms with Crippen LogP contribution < -0.4 is 0 Å². The number of likely N-dealkylation sites (N-methyl/N-ethyl adjacent to an activating group) is 2. The number of hydrogen-bond acceptors (Lipinski definition) is 6. The summed E-state index contributed by atoms with van der Waals surface area (Å²) in [4.78, 5) is 35.6. The van der Waals surface area contributed by atoms with Gasteiger partial charge in [0.2, 0.25) is 0 Å². The summed E-state index contributed by atoms with van der Waals surface area (Å²) in [5.41, 5.74) is 1.81. The molecule has 2 aromatic heterocycles. The van der Waals surface area contributed by atoms with Crippen LogP contribution in [-0.4, -0.2) is 71.8 Å². The van der Waals surface area contributed by atoms with Crippen molar-refractivity contribution in [1.82, 2.24) is 19.8 Å². The second-order valence-corrected chi connectivity index (χ2v) is 6.76. The van der Waals surface area contributed by atoms with Gasteiger partial charge in [0.15, 0.2) is 0 Å². The Hall–Kier alpha value is -3.16. The van der Waals surface area contributed by atoms with Crippen molar-refractivity contribution in [2.45, 2.75) is 25.9 Å². The minimum Gasteiger partial charge on any atom is -0.445 e. The van der Waals surface area contributed by atoms with Crippen LogP contribution in [0.4, 0.5) is 9.59 Å². The largest absolute Gasteiger partial charge is 0.445 e. The average molecular weight is 400 g/mol. The van der Waals surface area contributed by atoms with E-state index in [0.717, 1.165) is 11.4 Å². The SMILES string of the molecule is CC(COC(=O)N(C)CCc1ccccn1)OC(=O)N(C)CCc1ccccn1. The molecule has 0 saturated carbocycles. The molecule has 156 valence electrons. The van der Waals surface area contributed by atoms with Crippen molar-refractivity contribution in [1.29, 1.82) is 0 Å². The summed E-state index contributed by atoms with van der Waals surface area (Å²) >= 11 is 0. The number of ether oxygens (including phenoxy) is 2. The van der Waals surface area contributed by atoms with Crippen LogP contribution in [0.5, 0.6) is 0 Å². The summed E-state index contributed by atoms with van der Waals surface area (Å²) in [6.45, 7) is 2.65. The Balaban J connectivity index is 1.64.